The lowest BCUT2D eigenvalue weighted by Crippen LogP contribution is -2.09. The molecule has 0 amide bonds. The van der Waals surface area contributed by atoms with Crippen LogP contribution in [0.25, 0.3) is 0 Å². The minimum Gasteiger partial charge on any atom is -0.488 e. The second-order valence-corrected chi connectivity index (χ2v) is 5.15. The van der Waals surface area contributed by atoms with Gasteiger partial charge in [0.2, 0.25) is 0 Å². The SMILES string of the molecule is N#Cc1ccc(OCc2cccc(Br)c2)c(C(F)(F)F)c1. The van der Waals surface area contributed by atoms with Crippen LogP contribution >= 0.6 is 15.9 Å². The molecule has 0 fully saturated rings. The lowest BCUT2D eigenvalue weighted by atomic mass is 10.1. The first-order valence-electron chi connectivity index (χ1n) is 5.89. The highest BCUT2D eigenvalue weighted by Gasteiger charge is 2.34. The maximum absolute atomic E-state index is 13.0. The largest absolute Gasteiger partial charge is 0.488 e. The molecule has 6 heteroatoms. The molecule has 0 radical (unpaired) electrons. The molecule has 0 aliphatic heterocycles. The van der Waals surface area contributed by atoms with Crippen LogP contribution in [0.2, 0.25) is 0 Å². The summed E-state index contributed by atoms with van der Waals surface area (Å²) in [4.78, 5) is 0. The molecule has 0 heterocycles. The van der Waals surface area contributed by atoms with Crippen molar-refractivity contribution in [2.45, 2.75) is 12.8 Å². The number of halogens is 4. The highest BCUT2D eigenvalue weighted by atomic mass is 79.9. The van der Waals surface area contributed by atoms with Crippen LogP contribution in [-0.2, 0) is 12.8 Å². The number of hydrogen-bond acceptors (Lipinski definition) is 2. The molecule has 0 unspecified atom stereocenters. The first-order chi connectivity index (χ1) is 9.90. The average Bonchev–Trinajstić information content (AvgIpc) is 2.44. The third-order valence-corrected chi connectivity index (χ3v) is 3.19. The van der Waals surface area contributed by atoms with E-state index in [0.717, 1.165) is 16.1 Å². The van der Waals surface area contributed by atoms with Gasteiger partial charge in [-0.1, -0.05) is 28.1 Å². The molecule has 2 aromatic carbocycles. The summed E-state index contributed by atoms with van der Waals surface area (Å²) in [6.45, 7) is 0.00835. The summed E-state index contributed by atoms with van der Waals surface area (Å²) in [5.41, 5.74) is -0.268. The van der Waals surface area contributed by atoms with Gasteiger partial charge in [-0.2, -0.15) is 18.4 Å². The van der Waals surface area contributed by atoms with E-state index in [0.29, 0.717) is 0 Å². The molecular weight excluding hydrogens is 347 g/mol. The van der Waals surface area contributed by atoms with Crippen molar-refractivity contribution >= 4 is 15.9 Å². The highest BCUT2D eigenvalue weighted by molar-refractivity contribution is 9.10. The van der Waals surface area contributed by atoms with Gasteiger partial charge in [0.25, 0.3) is 0 Å². The molecule has 0 saturated carbocycles. The summed E-state index contributed by atoms with van der Waals surface area (Å²) in [7, 11) is 0. The molecule has 108 valence electrons. The van der Waals surface area contributed by atoms with Crippen LogP contribution in [0.3, 0.4) is 0 Å². The Kier molecular flexibility index (Phi) is 4.53. The van der Waals surface area contributed by atoms with Gasteiger partial charge in [0.15, 0.2) is 0 Å². The quantitative estimate of drug-likeness (QED) is 0.782. The van der Waals surface area contributed by atoms with Crippen LogP contribution < -0.4 is 4.74 Å². The van der Waals surface area contributed by atoms with Gasteiger partial charge in [-0.3, -0.25) is 0 Å². The van der Waals surface area contributed by atoms with E-state index >= 15 is 0 Å². The van der Waals surface area contributed by atoms with Crippen molar-refractivity contribution in [2.24, 2.45) is 0 Å². The minimum absolute atomic E-state index is 0.00835. The lowest BCUT2D eigenvalue weighted by molar-refractivity contribution is -0.139. The van der Waals surface area contributed by atoms with Crippen LogP contribution in [-0.4, -0.2) is 0 Å². The van der Waals surface area contributed by atoms with Gasteiger partial charge in [0, 0.05) is 4.47 Å². The number of rotatable bonds is 3. The Morgan fingerprint density at radius 2 is 1.90 bits per heavy atom. The van der Waals surface area contributed by atoms with Crippen molar-refractivity contribution in [3.8, 4) is 11.8 Å². The Labute approximate surface area is 127 Å². The third-order valence-electron chi connectivity index (χ3n) is 2.70. The van der Waals surface area contributed by atoms with E-state index in [9.17, 15) is 13.2 Å². The summed E-state index contributed by atoms with van der Waals surface area (Å²) >= 11 is 3.28. The van der Waals surface area contributed by atoms with Gasteiger partial charge in [0.1, 0.15) is 12.4 Å². The summed E-state index contributed by atoms with van der Waals surface area (Å²) in [5, 5.41) is 8.69. The summed E-state index contributed by atoms with van der Waals surface area (Å²) in [6.07, 6.45) is -4.57. The van der Waals surface area contributed by atoms with E-state index in [2.05, 4.69) is 15.9 Å². The fourth-order valence-corrected chi connectivity index (χ4v) is 2.18. The molecule has 0 aromatic heterocycles. The van der Waals surface area contributed by atoms with Gasteiger partial charge in [-0.15, -0.1) is 0 Å². The summed E-state index contributed by atoms with van der Waals surface area (Å²) in [5.74, 6) is -0.290. The van der Waals surface area contributed by atoms with Gasteiger partial charge in [-0.25, -0.2) is 0 Å². The molecule has 2 aromatic rings. The molecule has 2 nitrogen and oxygen atoms in total. The fraction of sp³-hybridized carbons (Fsp3) is 0.133. The van der Waals surface area contributed by atoms with E-state index in [-0.39, 0.29) is 17.9 Å². The molecule has 2 rings (SSSR count). The predicted octanol–water partition coefficient (Wildman–Crippen LogP) is 4.92. The monoisotopic (exact) mass is 355 g/mol. The van der Waals surface area contributed by atoms with Crippen molar-refractivity contribution < 1.29 is 17.9 Å². The first-order valence-corrected chi connectivity index (χ1v) is 6.68. The summed E-state index contributed by atoms with van der Waals surface area (Å²) in [6, 6.07) is 12.0. The minimum atomic E-state index is -4.57. The zero-order chi connectivity index (χ0) is 15.5. The van der Waals surface area contributed by atoms with E-state index < -0.39 is 11.7 Å². The lowest BCUT2D eigenvalue weighted by Gasteiger charge is -2.14. The Balaban J connectivity index is 2.26. The summed E-state index contributed by atoms with van der Waals surface area (Å²) < 4.78 is 44.9. The molecule has 0 saturated heterocycles. The Bertz CT molecular complexity index is 692. The van der Waals surface area contributed by atoms with Crippen LogP contribution in [0.15, 0.2) is 46.9 Å². The third kappa shape index (κ3) is 3.99. The number of nitriles is 1. The maximum atomic E-state index is 13.0. The van der Waals surface area contributed by atoms with Crippen molar-refractivity contribution in [1.82, 2.24) is 0 Å². The number of benzene rings is 2. The Hall–Kier alpha value is -2.00. The molecule has 21 heavy (non-hydrogen) atoms. The van der Waals surface area contributed by atoms with Gasteiger partial charge < -0.3 is 4.74 Å². The molecule has 0 spiro atoms. The van der Waals surface area contributed by atoms with Crippen LogP contribution in [0.1, 0.15) is 16.7 Å². The zero-order valence-corrected chi connectivity index (χ0v) is 12.2. The van der Waals surface area contributed by atoms with Gasteiger partial charge in [-0.05, 0) is 35.9 Å². The highest BCUT2D eigenvalue weighted by Crippen LogP contribution is 2.37. The number of nitrogens with zero attached hydrogens (tertiary/aromatic N) is 1. The fourth-order valence-electron chi connectivity index (χ4n) is 1.73. The van der Waals surface area contributed by atoms with E-state index in [1.54, 1.807) is 24.3 Å². The topological polar surface area (TPSA) is 33.0 Å². The molecular formula is C15H9BrF3NO. The average molecular weight is 356 g/mol. The van der Waals surface area contributed by atoms with Crippen molar-refractivity contribution in [3.05, 3.63) is 63.6 Å². The molecule has 0 aliphatic carbocycles. The van der Waals surface area contributed by atoms with Crippen LogP contribution in [0.4, 0.5) is 13.2 Å². The standard InChI is InChI=1S/C15H9BrF3NO/c16-12-3-1-2-11(6-12)9-21-14-5-4-10(8-20)7-13(14)15(17,18)19/h1-7H,9H2. The van der Waals surface area contributed by atoms with Crippen molar-refractivity contribution in [2.75, 3.05) is 0 Å². The zero-order valence-electron chi connectivity index (χ0n) is 10.6. The van der Waals surface area contributed by atoms with Crippen molar-refractivity contribution in [1.29, 1.82) is 5.26 Å². The van der Waals surface area contributed by atoms with E-state index in [1.807, 2.05) is 6.07 Å². The smallest absolute Gasteiger partial charge is 0.420 e. The molecule has 0 aliphatic rings. The Morgan fingerprint density at radius 1 is 1.14 bits per heavy atom. The number of hydrogen-bond donors (Lipinski definition) is 0. The molecule has 0 N–H and O–H groups in total. The number of alkyl halides is 3. The maximum Gasteiger partial charge on any atom is 0.420 e. The molecule has 0 bridgehead atoms. The van der Waals surface area contributed by atoms with E-state index in [4.69, 9.17) is 10.00 Å². The van der Waals surface area contributed by atoms with Gasteiger partial charge >= 0.3 is 6.18 Å². The Morgan fingerprint density at radius 3 is 2.52 bits per heavy atom. The van der Waals surface area contributed by atoms with Crippen LogP contribution in [0, 0.1) is 11.3 Å². The molecule has 0 atom stereocenters. The van der Waals surface area contributed by atoms with Gasteiger partial charge in [0.05, 0.1) is 17.2 Å². The normalized spacial score (nSPS) is 11.0. The van der Waals surface area contributed by atoms with E-state index in [1.165, 1.54) is 12.1 Å². The van der Waals surface area contributed by atoms with Crippen molar-refractivity contribution in [3.63, 3.8) is 0 Å². The second-order valence-electron chi connectivity index (χ2n) is 4.24. The second kappa shape index (κ2) is 6.19. The first kappa shape index (κ1) is 15.4. The van der Waals surface area contributed by atoms with Crippen LogP contribution in [0.5, 0.6) is 5.75 Å². The number of ether oxygens (including phenoxy) is 1. The predicted molar refractivity (Wildman–Crippen MR) is 74.6 cm³/mol.